The molecule has 0 saturated carbocycles. The second-order valence-electron chi connectivity index (χ2n) is 7.05. The number of thiazole rings is 1. The molecular formula is C21H19N11O2S. The van der Waals surface area contributed by atoms with Crippen LogP contribution in [0.2, 0.25) is 0 Å². The third kappa shape index (κ3) is 4.41. The van der Waals surface area contributed by atoms with Crippen LogP contribution in [-0.4, -0.2) is 59.9 Å². The molecule has 0 aliphatic rings. The highest BCUT2D eigenvalue weighted by Gasteiger charge is 2.20. The number of carbonyl (C=O) groups is 1. The highest BCUT2D eigenvalue weighted by Crippen LogP contribution is 2.35. The zero-order valence-electron chi connectivity index (χ0n) is 21.3. The fourth-order valence-corrected chi connectivity index (χ4v) is 3.90. The van der Waals surface area contributed by atoms with E-state index in [0.717, 1.165) is 10.3 Å². The minimum atomic E-state index is -2.73. The summed E-state index contributed by atoms with van der Waals surface area (Å²) < 4.78 is 29.3. The highest BCUT2D eigenvalue weighted by atomic mass is 32.1. The summed E-state index contributed by atoms with van der Waals surface area (Å²) in [6.45, 7) is -2.73. The van der Waals surface area contributed by atoms with Crippen molar-refractivity contribution in [3.63, 3.8) is 0 Å². The molecule has 0 unspecified atom stereocenters. The van der Waals surface area contributed by atoms with Crippen molar-refractivity contribution in [3.8, 4) is 17.1 Å². The zero-order chi connectivity index (χ0) is 26.9. The van der Waals surface area contributed by atoms with Crippen molar-refractivity contribution < 1.29 is 13.6 Å². The lowest BCUT2D eigenvalue weighted by molar-refractivity contribution is 0.0958. The van der Waals surface area contributed by atoms with Gasteiger partial charge >= 0.3 is 0 Å². The van der Waals surface area contributed by atoms with E-state index in [4.69, 9.17) is 8.85 Å². The van der Waals surface area contributed by atoms with Crippen LogP contribution in [0.3, 0.4) is 0 Å². The minimum absolute atomic E-state index is 0.111. The summed E-state index contributed by atoms with van der Waals surface area (Å²) in [5, 5.41) is 20.3. The normalized spacial score (nSPS) is 12.5. The predicted octanol–water partition coefficient (Wildman–Crippen LogP) is 2.53. The number of nitrogens with one attached hydrogen (secondary N) is 3. The Hall–Kier alpha value is -4.72. The number of amides is 1. The maximum atomic E-state index is 12.8. The van der Waals surface area contributed by atoms with Gasteiger partial charge in [-0.3, -0.25) is 9.48 Å². The number of carbonyl (C=O) groups excluding carboxylic acids is 1. The molecule has 0 aromatic carbocycles. The summed E-state index contributed by atoms with van der Waals surface area (Å²) in [5.74, 6) is 0.650. The van der Waals surface area contributed by atoms with E-state index < -0.39 is 12.9 Å². The average molecular weight is 493 g/mol. The van der Waals surface area contributed by atoms with Gasteiger partial charge in [0.1, 0.15) is 22.5 Å². The van der Waals surface area contributed by atoms with Crippen molar-refractivity contribution in [2.45, 2.75) is 0 Å². The molecule has 176 valence electrons. The number of ether oxygens (including phenoxy) is 1. The number of anilines is 4. The van der Waals surface area contributed by atoms with Crippen molar-refractivity contribution in [2.75, 3.05) is 24.7 Å². The van der Waals surface area contributed by atoms with E-state index in [1.807, 2.05) is 5.32 Å². The van der Waals surface area contributed by atoms with Gasteiger partial charge in [-0.15, -0.1) is 21.5 Å². The molecule has 0 radical (unpaired) electrons. The maximum absolute atomic E-state index is 12.8. The Bertz CT molecular complexity index is 1640. The first-order valence-electron chi connectivity index (χ1n) is 11.5. The first-order chi connectivity index (χ1) is 18.2. The molecule has 5 heterocycles. The average Bonchev–Trinajstić information content (AvgIpc) is 3.51. The van der Waals surface area contributed by atoms with Gasteiger partial charge in [-0.05, 0) is 18.2 Å². The summed E-state index contributed by atoms with van der Waals surface area (Å²) in [5.41, 5.74) is 2.83. The molecule has 5 aromatic rings. The predicted molar refractivity (Wildman–Crippen MR) is 130 cm³/mol. The van der Waals surface area contributed by atoms with Crippen LogP contribution in [0.15, 0.2) is 42.3 Å². The molecule has 0 aliphatic carbocycles. The lowest BCUT2D eigenvalue weighted by Gasteiger charge is -2.15. The molecule has 0 spiro atoms. The summed E-state index contributed by atoms with van der Waals surface area (Å²) >= 11 is 1.38. The van der Waals surface area contributed by atoms with Gasteiger partial charge in [0.2, 0.25) is 0 Å². The molecule has 5 aromatic heterocycles. The molecule has 3 N–H and O–H groups in total. The number of rotatable bonds is 7. The van der Waals surface area contributed by atoms with E-state index in [0.29, 0.717) is 23.0 Å². The molecule has 0 aliphatic heterocycles. The van der Waals surface area contributed by atoms with Gasteiger partial charge in [-0.25, -0.2) is 19.9 Å². The second kappa shape index (κ2) is 9.26. The van der Waals surface area contributed by atoms with E-state index in [-0.39, 0.29) is 23.0 Å². The summed E-state index contributed by atoms with van der Waals surface area (Å²) in [4.78, 5) is 30.8. The van der Waals surface area contributed by atoms with Crippen LogP contribution in [0, 0.1) is 0 Å². The SMILES string of the molecule is [2H]C([2H])([2H])NC(=O)c1nnc(Nc2ccc3ncsc3n2)cc1Nc1nccc(-c2ncn(C)n2)c1OC. The van der Waals surface area contributed by atoms with Gasteiger partial charge in [0.15, 0.2) is 28.9 Å². The van der Waals surface area contributed by atoms with E-state index in [1.165, 1.54) is 30.7 Å². The summed E-state index contributed by atoms with van der Waals surface area (Å²) in [6, 6.07) is 6.69. The van der Waals surface area contributed by atoms with E-state index >= 15 is 0 Å². The number of nitrogens with zero attached hydrogens (tertiary/aromatic N) is 8. The number of aryl methyl sites for hydroxylation is 1. The molecule has 5 rings (SSSR count). The maximum Gasteiger partial charge on any atom is 0.273 e. The van der Waals surface area contributed by atoms with Crippen molar-refractivity contribution in [1.82, 2.24) is 45.2 Å². The van der Waals surface area contributed by atoms with Crippen LogP contribution in [-0.2, 0) is 7.05 Å². The molecular weight excluding hydrogens is 470 g/mol. The largest absolute Gasteiger partial charge is 0.492 e. The third-order valence-electron chi connectivity index (χ3n) is 4.78. The van der Waals surface area contributed by atoms with Gasteiger partial charge < -0.3 is 20.7 Å². The first-order valence-corrected chi connectivity index (χ1v) is 10.9. The lowest BCUT2D eigenvalue weighted by atomic mass is 10.2. The third-order valence-corrected chi connectivity index (χ3v) is 5.51. The fraction of sp³-hybridized carbons (Fsp3) is 0.143. The van der Waals surface area contributed by atoms with Crippen molar-refractivity contribution in [2.24, 2.45) is 7.05 Å². The molecule has 0 fully saturated rings. The van der Waals surface area contributed by atoms with Gasteiger partial charge in [-0.1, -0.05) is 0 Å². The Morgan fingerprint density at radius 3 is 2.86 bits per heavy atom. The van der Waals surface area contributed by atoms with Gasteiger partial charge in [0.25, 0.3) is 5.91 Å². The number of hydrogen-bond acceptors (Lipinski definition) is 12. The van der Waals surface area contributed by atoms with E-state index in [9.17, 15) is 4.79 Å². The van der Waals surface area contributed by atoms with Gasteiger partial charge in [0, 0.05) is 30.4 Å². The topological polar surface area (TPSA) is 158 Å². The number of fused-ring (bicyclic) bond motifs is 1. The summed E-state index contributed by atoms with van der Waals surface area (Å²) in [7, 11) is 3.19. The molecule has 0 atom stereocenters. The van der Waals surface area contributed by atoms with Crippen LogP contribution < -0.4 is 20.7 Å². The monoisotopic (exact) mass is 492 g/mol. The number of aromatic nitrogens is 8. The van der Waals surface area contributed by atoms with Crippen molar-refractivity contribution in [3.05, 3.63) is 48.0 Å². The standard InChI is InChI=1S/C21H19N11O2S/c1-22-20(33)16-13(8-15(29-30-16)27-14-5-4-12-21(28-14)35-10-25-12)26-19-17(34-3)11(6-7-23-19)18-24-9-32(2)31-18/h4-10H,1-3H3,(H,22,33)(H2,23,26,27,28,29)/i1D3. The fourth-order valence-electron chi connectivity index (χ4n) is 3.24. The lowest BCUT2D eigenvalue weighted by Crippen LogP contribution is -2.21. The Morgan fingerprint density at radius 2 is 2.06 bits per heavy atom. The Labute approximate surface area is 206 Å². The van der Waals surface area contributed by atoms with Crippen LogP contribution >= 0.6 is 11.3 Å². The van der Waals surface area contributed by atoms with Gasteiger partial charge in [-0.2, -0.15) is 5.10 Å². The van der Waals surface area contributed by atoms with Crippen LogP contribution in [0.4, 0.5) is 23.1 Å². The molecule has 14 heteroatoms. The number of methoxy groups -OCH3 is 1. The molecule has 13 nitrogen and oxygen atoms in total. The van der Waals surface area contributed by atoms with E-state index in [1.54, 1.807) is 41.8 Å². The Balaban J connectivity index is 1.53. The van der Waals surface area contributed by atoms with Crippen molar-refractivity contribution in [1.29, 1.82) is 0 Å². The Morgan fingerprint density at radius 1 is 1.14 bits per heavy atom. The van der Waals surface area contributed by atoms with Crippen LogP contribution in [0.25, 0.3) is 21.7 Å². The minimum Gasteiger partial charge on any atom is -0.492 e. The molecule has 1 amide bonds. The highest BCUT2D eigenvalue weighted by molar-refractivity contribution is 7.16. The van der Waals surface area contributed by atoms with Gasteiger partial charge in [0.05, 0.1) is 23.9 Å². The zero-order valence-corrected chi connectivity index (χ0v) is 19.2. The first kappa shape index (κ1) is 18.7. The second-order valence-corrected chi connectivity index (χ2v) is 7.88. The molecule has 0 bridgehead atoms. The van der Waals surface area contributed by atoms with Crippen molar-refractivity contribution >= 4 is 50.7 Å². The van der Waals surface area contributed by atoms with E-state index in [2.05, 4.69) is 45.9 Å². The van der Waals surface area contributed by atoms with Crippen LogP contribution in [0.1, 0.15) is 14.6 Å². The quantitative estimate of drug-likeness (QED) is 0.306. The molecule has 35 heavy (non-hydrogen) atoms. The molecule has 0 saturated heterocycles. The Kier molecular flexibility index (Phi) is 4.94. The summed E-state index contributed by atoms with van der Waals surface area (Å²) in [6.07, 6.45) is 3.06. The smallest absolute Gasteiger partial charge is 0.273 e. The number of pyridine rings is 2. The van der Waals surface area contributed by atoms with Crippen LogP contribution in [0.5, 0.6) is 5.75 Å². The number of hydrogen-bond donors (Lipinski definition) is 3.